The molecule has 0 aromatic heterocycles. The van der Waals surface area contributed by atoms with E-state index in [0.717, 1.165) is 44.9 Å². The number of methoxy groups -OCH3 is 1. The third kappa shape index (κ3) is 3.14. The highest BCUT2D eigenvalue weighted by molar-refractivity contribution is 7.91. The molecule has 112 valence electrons. The van der Waals surface area contributed by atoms with E-state index in [4.69, 9.17) is 4.74 Å². The normalized spacial score (nSPS) is 33.2. The third-order valence-corrected chi connectivity index (χ3v) is 6.75. The van der Waals surface area contributed by atoms with Gasteiger partial charge in [-0.3, -0.25) is 0 Å². The molecule has 1 N–H and O–H groups in total. The Balaban J connectivity index is 2.08. The lowest BCUT2D eigenvalue weighted by Crippen LogP contribution is -2.48. The second-order valence-corrected chi connectivity index (χ2v) is 8.62. The van der Waals surface area contributed by atoms with E-state index in [-0.39, 0.29) is 11.2 Å². The van der Waals surface area contributed by atoms with Crippen molar-refractivity contribution < 1.29 is 18.3 Å². The van der Waals surface area contributed by atoms with Crippen molar-refractivity contribution >= 4 is 9.84 Å². The van der Waals surface area contributed by atoms with Crippen LogP contribution in [0.3, 0.4) is 0 Å². The second-order valence-electron chi connectivity index (χ2n) is 6.30. The number of aliphatic hydroxyl groups is 1. The first-order valence-corrected chi connectivity index (χ1v) is 9.26. The van der Waals surface area contributed by atoms with Crippen molar-refractivity contribution in [2.24, 2.45) is 5.92 Å². The van der Waals surface area contributed by atoms with Crippen LogP contribution < -0.4 is 0 Å². The van der Waals surface area contributed by atoms with E-state index in [1.165, 1.54) is 6.26 Å². The van der Waals surface area contributed by atoms with E-state index in [1.807, 2.05) is 0 Å². The molecular formula is C14H26O4S. The minimum atomic E-state index is -2.99. The van der Waals surface area contributed by atoms with Gasteiger partial charge < -0.3 is 9.84 Å². The van der Waals surface area contributed by atoms with Crippen LogP contribution >= 0.6 is 0 Å². The molecule has 0 spiro atoms. The van der Waals surface area contributed by atoms with Gasteiger partial charge >= 0.3 is 0 Å². The van der Waals surface area contributed by atoms with Gasteiger partial charge in [-0.2, -0.15) is 0 Å². The van der Waals surface area contributed by atoms with Crippen molar-refractivity contribution in [3.8, 4) is 0 Å². The first kappa shape index (κ1) is 15.3. The number of sulfone groups is 1. The molecule has 0 heterocycles. The summed E-state index contributed by atoms with van der Waals surface area (Å²) in [7, 11) is -1.32. The summed E-state index contributed by atoms with van der Waals surface area (Å²) >= 11 is 0. The van der Waals surface area contributed by atoms with Crippen LogP contribution in [0.4, 0.5) is 0 Å². The number of ether oxygens (including phenoxy) is 1. The molecule has 0 saturated heterocycles. The molecule has 4 nitrogen and oxygen atoms in total. The maximum Gasteiger partial charge on any atom is 0.150 e. The maximum absolute atomic E-state index is 11.7. The van der Waals surface area contributed by atoms with Crippen LogP contribution in [0.1, 0.15) is 51.4 Å². The standard InChI is InChI=1S/C14H26O4S/c1-18-14(8-3-4-9-14)13(15)11-6-5-7-12(10-11)19(2,16)17/h11-13,15H,3-10H2,1-2H3. The number of hydrogen-bond acceptors (Lipinski definition) is 4. The van der Waals surface area contributed by atoms with E-state index in [2.05, 4.69) is 0 Å². The summed E-state index contributed by atoms with van der Waals surface area (Å²) in [6.07, 6.45) is 7.89. The second kappa shape index (κ2) is 5.70. The SMILES string of the molecule is COC1(C(O)C2CCCC(S(C)(=O)=O)C2)CCCC1. The van der Waals surface area contributed by atoms with Crippen LogP contribution in [-0.2, 0) is 14.6 Å². The van der Waals surface area contributed by atoms with E-state index >= 15 is 0 Å². The highest BCUT2D eigenvalue weighted by Crippen LogP contribution is 2.42. The lowest BCUT2D eigenvalue weighted by molar-refractivity contribution is -0.124. The summed E-state index contributed by atoms with van der Waals surface area (Å²) in [5.74, 6) is 0.0616. The Hall–Kier alpha value is -0.130. The topological polar surface area (TPSA) is 63.6 Å². The van der Waals surface area contributed by atoms with Gasteiger partial charge in [0.2, 0.25) is 0 Å². The van der Waals surface area contributed by atoms with Gasteiger partial charge in [0.15, 0.2) is 0 Å². The van der Waals surface area contributed by atoms with Gasteiger partial charge in [0.1, 0.15) is 9.84 Å². The van der Waals surface area contributed by atoms with Crippen molar-refractivity contribution in [3.63, 3.8) is 0 Å². The number of aliphatic hydroxyl groups excluding tert-OH is 1. The number of hydrogen-bond donors (Lipinski definition) is 1. The first-order chi connectivity index (χ1) is 8.89. The van der Waals surface area contributed by atoms with E-state index < -0.39 is 21.5 Å². The van der Waals surface area contributed by atoms with E-state index in [0.29, 0.717) is 6.42 Å². The summed E-state index contributed by atoms with van der Waals surface area (Å²) in [5.41, 5.74) is -0.427. The Labute approximate surface area is 116 Å². The van der Waals surface area contributed by atoms with Crippen LogP contribution in [0.5, 0.6) is 0 Å². The fourth-order valence-electron chi connectivity index (χ4n) is 3.88. The summed E-state index contributed by atoms with van der Waals surface area (Å²) in [6, 6.07) is 0. The molecule has 5 heteroatoms. The highest BCUT2D eigenvalue weighted by Gasteiger charge is 2.46. The Morgan fingerprint density at radius 1 is 1.21 bits per heavy atom. The van der Waals surface area contributed by atoms with Gasteiger partial charge in [0.25, 0.3) is 0 Å². The molecule has 2 aliphatic rings. The van der Waals surface area contributed by atoms with Crippen molar-refractivity contribution in [1.29, 1.82) is 0 Å². The van der Waals surface area contributed by atoms with Crippen molar-refractivity contribution in [3.05, 3.63) is 0 Å². The van der Waals surface area contributed by atoms with Gasteiger partial charge in [-0.1, -0.05) is 19.3 Å². The Bertz CT molecular complexity index is 398. The third-order valence-electron chi connectivity index (χ3n) is 5.11. The molecule has 0 aromatic rings. The summed E-state index contributed by atoms with van der Waals surface area (Å²) in [4.78, 5) is 0. The molecule has 0 radical (unpaired) electrons. The predicted octanol–water partition coefficient (Wildman–Crippen LogP) is 1.91. The molecule has 2 rings (SSSR count). The molecule has 0 aliphatic heterocycles. The average Bonchev–Trinajstić information content (AvgIpc) is 2.87. The molecule has 0 amide bonds. The minimum Gasteiger partial charge on any atom is -0.390 e. The number of rotatable bonds is 4. The monoisotopic (exact) mass is 290 g/mol. The van der Waals surface area contributed by atoms with Crippen molar-refractivity contribution in [2.75, 3.05) is 13.4 Å². The van der Waals surface area contributed by atoms with Gasteiger partial charge in [0, 0.05) is 13.4 Å². The van der Waals surface area contributed by atoms with E-state index in [1.54, 1.807) is 7.11 Å². The zero-order chi connectivity index (χ0) is 14.1. The molecule has 3 atom stereocenters. The van der Waals surface area contributed by atoms with Crippen molar-refractivity contribution in [1.82, 2.24) is 0 Å². The fraction of sp³-hybridized carbons (Fsp3) is 1.00. The smallest absolute Gasteiger partial charge is 0.150 e. The summed E-state index contributed by atoms with van der Waals surface area (Å²) < 4.78 is 29.1. The van der Waals surface area contributed by atoms with Crippen molar-refractivity contribution in [2.45, 2.75) is 68.3 Å². The molecule has 2 aliphatic carbocycles. The quantitative estimate of drug-likeness (QED) is 0.859. The van der Waals surface area contributed by atoms with Gasteiger partial charge in [-0.25, -0.2) is 8.42 Å². The molecule has 0 bridgehead atoms. The summed E-state index contributed by atoms with van der Waals surface area (Å²) in [6.45, 7) is 0. The molecule has 2 fully saturated rings. The molecular weight excluding hydrogens is 264 g/mol. The van der Waals surface area contributed by atoms with Gasteiger partial charge in [-0.15, -0.1) is 0 Å². The Morgan fingerprint density at radius 2 is 1.84 bits per heavy atom. The molecule has 19 heavy (non-hydrogen) atoms. The zero-order valence-corrected chi connectivity index (χ0v) is 12.8. The highest BCUT2D eigenvalue weighted by atomic mass is 32.2. The molecule has 0 aromatic carbocycles. The van der Waals surface area contributed by atoms with Crippen LogP contribution in [-0.4, -0.2) is 43.8 Å². The van der Waals surface area contributed by atoms with Gasteiger partial charge in [0.05, 0.1) is 17.0 Å². The molecule has 2 saturated carbocycles. The maximum atomic E-state index is 11.7. The van der Waals surface area contributed by atoms with Crippen LogP contribution in [0, 0.1) is 5.92 Å². The average molecular weight is 290 g/mol. The predicted molar refractivity (Wildman–Crippen MR) is 74.8 cm³/mol. The van der Waals surface area contributed by atoms with Crippen LogP contribution in [0.15, 0.2) is 0 Å². The summed E-state index contributed by atoms with van der Waals surface area (Å²) in [5, 5.41) is 10.4. The van der Waals surface area contributed by atoms with Crippen LogP contribution in [0.25, 0.3) is 0 Å². The lowest BCUT2D eigenvalue weighted by atomic mass is 9.77. The largest absolute Gasteiger partial charge is 0.390 e. The van der Waals surface area contributed by atoms with E-state index in [9.17, 15) is 13.5 Å². The Kier molecular flexibility index (Phi) is 4.58. The van der Waals surface area contributed by atoms with Crippen LogP contribution in [0.2, 0.25) is 0 Å². The molecule has 3 unspecified atom stereocenters. The Morgan fingerprint density at radius 3 is 2.37 bits per heavy atom. The minimum absolute atomic E-state index is 0.0616. The zero-order valence-electron chi connectivity index (χ0n) is 12.0. The fourth-order valence-corrected chi connectivity index (χ4v) is 5.07. The van der Waals surface area contributed by atoms with Gasteiger partial charge in [-0.05, 0) is 38.0 Å². The lowest BCUT2D eigenvalue weighted by Gasteiger charge is -2.40. The first-order valence-electron chi connectivity index (χ1n) is 7.31.